The van der Waals surface area contributed by atoms with Crippen LogP contribution in [0.2, 0.25) is 0 Å². The van der Waals surface area contributed by atoms with E-state index in [-0.39, 0.29) is 6.04 Å². The molecule has 52 valence electrons. The molecule has 1 fully saturated rings. The van der Waals surface area contributed by atoms with Crippen molar-refractivity contribution >= 4 is 16.8 Å². The normalized spacial score (nSPS) is 34.9. The van der Waals surface area contributed by atoms with Gasteiger partial charge in [0.2, 0.25) is 5.24 Å². The van der Waals surface area contributed by atoms with Gasteiger partial charge in [0.1, 0.15) is 0 Å². The van der Waals surface area contributed by atoms with Crippen LogP contribution >= 0.6 is 11.6 Å². The molecule has 1 heterocycles. The van der Waals surface area contributed by atoms with Crippen LogP contribution in [-0.4, -0.2) is 29.0 Å². The van der Waals surface area contributed by atoms with E-state index in [0.717, 1.165) is 0 Å². The highest BCUT2D eigenvalue weighted by Crippen LogP contribution is 2.08. The summed E-state index contributed by atoms with van der Waals surface area (Å²) in [5.41, 5.74) is 0. The van der Waals surface area contributed by atoms with Crippen LogP contribution in [0.3, 0.4) is 0 Å². The zero-order chi connectivity index (χ0) is 6.85. The Labute approximate surface area is 58.0 Å². The molecule has 1 aliphatic heterocycles. The molecule has 1 rings (SSSR count). The average molecular weight is 150 g/mol. The Bertz CT molecular complexity index is 128. The van der Waals surface area contributed by atoms with E-state index in [0.29, 0.717) is 13.0 Å². The van der Waals surface area contributed by atoms with E-state index in [9.17, 15) is 4.79 Å². The van der Waals surface area contributed by atoms with Crippen LogP contribution in [0.15, 0.2) is 0 Å². The predicted octanol–water partition coefficient (Wildman–Crippen LogP) is -0.525. The minimum absolute atomic E-state index is 0.332. The number of carbonyl (C=O) groups excluding carboxylic acids is 1. The quantitative estimate of drug-likeness (QED) is 0.493. The van der Waals surface area contributed by atoms with Crippen LogP contribution in [0.4, 0.5) is 0 Å². The Morgan fingerprint density at radius 2 is 2.44 bits per heavy atom. The van der Waals surface area contributed by atoms with Crippen molar-refractivity contribution in [3.05, 3.63) is 0 Å². The summed E-state index contributed by atoms with van der Waals surface area (Å²) in [6, 6.07) is -0.332. The molecule has 0 spiro atoms. The summed E-state index contributed by atoms with van der Waals surface area (Å²) in [5.74, 6) is 0. The van der Waals surface area contributed by atoms with Gasteiger partial charge < -0.3 is 10.4 Å². The second kappa shape index (κ2) is 2.64. The summed E-state index contributed by atoms with van der Waals surface area (Å²) in [5, 5.41) is 11.2. The number of nitrogens with one attached hydrogen (secondary N) is 1. The number of aliphatic hydroxyl groups is 1. The van der Waals surface area contributed by atoms with Gasteiger partial charge in [0.05, 0.1) is 12.1 Å². The predicted molar refractivity (Wildman–Crippen MR) is 33.3 cm³/mol. The molecule has 9 heavy (non-hydrogen) atoms. The van der Waals surface area contributed by atoms with Gasteiger partial charge >= 0.3 is 0 Å². The second-order valence-electron chi connectivity index (χ2n) is 2.15. The van der Waals surface area contributed by atoms with Crippen LogP contribution in [0.5, 0.6) is 0 Å². The Morgan fingerprint density at radius 3 is 2.67 bits per heavy atom. The van der Waals surface area contributed by atoms with Gasteiger partial charge in [-0.25, -0.2) is 0 Å². The van der Waals surface area contributed by atoms with Gasteiger partial charge in [0, 0.05) is 6.54 Å². The molecule has 2 N–H and O–H groups in total. The van der Waals surface area contributed by atoms with Gasteiger partial charge in [-0.2, -0.15) is 0 Å². The number of β-amino-alcohol motifs (C(OH)–C–C–N with tert-alkyl or cyclic N) is 1. The molecule has 0 saturated carbocycles. The number of halogens is 1. The molecule has 1 unspecified atom stereocenters. The van der Waals surface area contributed by atoms with Gasteiger partial charge in [-0.1, -0.05) is 0 Å². The number of rotatable bonds is 1. The smallest absolute Gasteiger partial charge is 0.238 e. The lowest BCUT2D eigenvalue weighted by molar-refractivity contribution is -0.113. The van der Waals surface area contributed by atoms with E-state index in [4.69, 9.17) is 16.7 Å². The number of hydrogen-bond donors (Lipinski definition) is 2. The number of carbonyl (C=O) groups is 1. The van der Waals surface area contributed by atoms with Crippen LogP contribution in [-0.2, 0) is 4.79 Å². The molecule has 0 aromatic rings. The first-order valence-electron chi connectivity index (χ1n) is 2.81. The standard InChI is InChI=1S/C5H8ClNO2/c6-5(9)4-1-3(8)2-7-4/h3-4,7-8H,1-2H2/t3?,4-/m0/s1. The Morgan fingerprint density at radius 1 is 1.78 bits per heavy atom. The van der Waals surface area contributed by atoms with Gasteiger partial charge in [0.25, 0.3) is 0 Å². The summed E-state index contributed by atoms with van der Waals surface area (Å²) < 4.78 is 0. The van der Waals surface area contributed by atoms with Crippen molar-refractivity contribution in [3.63, 3.8) is 0 Å². The molecule has 0 aromatic carbocycles. The molecule has 4 heteroatoms. The summed E-state index contributed by atoms with van der Waals surface area (Å²) in [6.07, 6.45) is 0.0419. The molecule has 0 aromatic heterocycles. The first-order valence-corrected chi connectivity index (χ1v) is 3.18. The van der Waals surface area contributed by atoms with Crippen molar-refractivity contribution in [2.45, 2.75) is 18.6 Å². The van der Waals surface area contributed by atoms with Crippen LogP contribution in [0, 0.1) is 0 Å². The fraction of sp³-hybridized carbons (Fsp3) is 0.800. The average Bonchev–Trinajstić information content (AvgIpc) is 2.14. The summed E-state index contributed by atoms with van der Waals surface area (Å²) in [4.78, 5) is 10.4. The highest BCUT2D eigenvalue weighted by Gasteiger charge is 2.26. The van der Waals surface area contributed by atoms with E-state index in [1.54, 1.807) is 0 Å². The number of hydrogen-bond acceptors (Lipinski definition) is 3. The Balaban J connectivity index is 2.39. The van der Waals surface area contributed by atoms with E-state index >= 15 is 0 Å². The highest BCUT2D eigenvalue weighted by atomic mass is 35.5. The van der Waals surface area contributed by atoms with E-state index in [1.165, 1.54) is 0 Å². The fourth-order valence-corrected chi connectivity index (χ4v) is 1.06. The van der Waals surface area contributed by atoms with Crippen LogP contribution in [0.25, 0.3) is 0 Å². The maximum absolute atomic E-state index is 10.4. The molecule has 1 saturated heterocycles. The molecule has 0 bridgehead atoms. The molecule has 3 nitrogen and oxygen atoms in total. The summed E-state index contributed by atoms with van der Waals surface area (Å²) >= 11 is 5.14. The lowest BCUT2D eigenvalue weighted by Gasteiger charge is -1.99. The molecule has 0 aliphatic carbocycles. The van der Waals surface area contributed by atoms with Gasteiger partial charge in [0.15, 0.2) is 0 Å². The van der Waals surface area contributed by atoms with Gasteiger partial charge in [-0.15, -0.1) is 0 Å². The van der Waals surface area contributed by atoms with Crippen LogP contribution in [0.1, 0.15) is 6.42 Å². The third-order valence-corrected chi connectivity index (χ3v) is 1.65. The van der Waals surface area contributed by atoms with Crippen molar-refractivity contribution in [2.75, 3.05) is 6.54 Å². The third kappa shape index (κ3) is 1.64. The molecule has 1 aliphatic rings. The second-order valence-corrected chi connectivity index (χ2v) is 2.53. The highest BCUT2D eigenvalue weighted by molar-refractivity contribution is 6.64. The molecular weight excluding hydrogens is 142 g/mol. The molecule has 0 radical (unpaired) electrons. The van der Waals surface area contributed by atoms with Crippen molar-refractivity contribution < 1.29 is 9.90 Å². The largest absolute Gasteiger partial charge is 0.392 e. The maximum Gasteiger partial charge on any atom is 0.238 e. The van der Waals surface area contributed by atoms with Crippen molar-refractivity contribution in [1.82, 2.24) is 5.32 Å². The fourth-order valence-electron chi connectivity index (χ4n) is 0.890. The monoisotopic (exact) mass is 149 g/mol. The minimum Gasteiger partial charge on any atom is -0.392 e. The summed E-state index contributed by atoms with van der Waals surface area (Å²) in [6.45, 7) is 0.475. The van der Waals surface area contributed by atoms with E-state index < -0.39 is 11.3 Å². The van der Waals surface area contributed by atoms with Gasteiger partial charge in [-0.3, -0.25) is 4.79 Å². The Kier molecular flexibility index (Phi) is 2.05. The molecule has 2 atom stereocenters. The first-order chi connectivity index (χ1) is 4.20. The topological polar surface area (TPSA) is 49.3 Å². The minimum atomic E-state index is -0.411. The van der Waals surface area contributed by atoms with E-state index in [1.807, 2.05) is 0 Å². The Hall–Kier alpha value is -0.120. The van der Waals surface area contributed by atoms with Crippen molar-refractivity contribution in [2.24, 2.45) is 0 Å². The molecular formula is C5H8ClNO2. The van der Waals surface area contributed by atoms with Gasteiger partial charge in [-0.05, 0) is 18.0 Å². The summed E-state index contributed by atoms with van der Waals surface area (Å²) in [7, 11) is 0. The third-order valence-electron chi connectivity index (χ3n) is 1.38. The zero-order valence-electron chi connectivity index (χ0n) is 4.80. The SMILES string of the molecule is O=C(Cl)[C@@H]1CC(O)CN1. The lowest BCUT2D eigenvalue weighted by atomic mass is 10.2. The van der Waals surface area contributed by atoms with E-state index in [2.05, 4.69) is 5.32 Å². The lowest BCUT2D eigenvalue weighted by Crippen LogP contribution is -2.26. The van der Waals surface area contributed by atoms with Crippen molar-refractivity contribution in [1.29, 1.82) is 0 Å². The van der Waals surface area contributed by atoms with Crippen LogP contribution < -0.4 is 5.32 Å². The maximum atomic E-state index is 10.4. The zero-order valence-corrected chi connectivity index (χ0v) is 5.56. The number of aliphatic hydroxyl groups excluding tert-OH is 1. The van der Waals surface area contributed by atoms with Crippen molar-refractivity contribution in [3.8, 4) is 0 Å². The molecule has 0 amide bonds. The first kappa shape index (κ1) is 6.99.